The van der Waals surface area contributed by atoms with Crippen LogP contribution < -0.4 is 0 Å². The average Bonchev–Trinajstić information content (AvgIpc) is 2.19. The highest BCUT2D eigenvalue weighted by Crippen LogP contribution is 2.36. The van der Waals surface area contributed by atoms with Crippen molar-refractivity contribution >= 4 is 8.03 Å². The summed E-state index contributed by atoms with van der Waals surface area (Å²) in [6.45, 7) is 2.76. The van der Waals surface area contributed by atoms with E-state index in [0.29, 0.717) is 6.61 Å². The van der Waals surface area contributed by atoms with E-state index >= 15 is 0 Å². The Labute approximate surface area is 81.2 Å². The lowest BCUT2D eigenvalue weighted by atomic mass is 10.1. The van der Waals surface area contributed by atoms with Gasteiger partial charge < -0.3 is 0 Å². The number of rotatable bonds is 5. The Balaban J connectivity index is 2.21. The van der Waals surface area contributed by atoms with Gasteiger partial charge in [-0.05, 0) is 29.9 Å². The second-order valence-electron chi connectivity index (χ2n) is 3.40. The maximum Gasteiger partial charge on any atom is 0.515 e. The van der Waals surface area contributed by atoms with Gasteiger partial charge in [0, 0.05) is 6.42 Å². The topological polar surface area (TPSA) is 26.3 Å². The Hall–Kier alpha value is -0.200. The van der Waals surface area contributed by atoms with E-state index in [9.17, 15) is 4.57 Å². The van der Waals surface area contributed by atoms with Crippen molar-refractivity contribution in [1.82, 2.24) is 0 Å². The second-order valence-corrected chi connectivity index (χ2v) is 4.89. The van der Waals surface area contributed by atoms with Crippen molar-refractivity contribution in [2.75, 3.05) is 6.61 Å². The molecule has 0 N–H and O–H groups in total. The minimum Gasteiger partial charge on any atom is -0.146 e. The molecule has 13 heavy (non-hydrogen) atoms. The summed E-state index contributed by atoms with van der Waals surface area (Å²) in [6, 6.07) is 0. The number of allylic oxidation sites excluding steroid dienone is 2. The third kappa shape index (κ3) is 4.02. The van der Waals surface area contributed by atoms with Crippen molar-refractivity contribution in [3.63, 3.8) is 0 Å². The predicted molar refractivity (Wildman–Crippen MR) is 55.2 cm³/mol. The lowest BCUT2D eigenvalue weighted by molar-refractivity contribution is 0.316. The molecule has 0 aromatic carbocycles. The van der Waals surface area contributed by atoms with Gasteiger partial charge in [-0.1, -0.05) is 19.4 Å². The molecule has 1 aliphatic carbocycles. The minimum absolute atomic E-state index is 0.181. The van der Waals surface area contributed by atoms with Crippen molar-refractivity contribution in [2.24, 2.45) is 0 Å². The van der Waals surface area contributed by atoms with Crippen molar-refractivity contribution < 1.29 is 9.09 Å². The van der Waals surface area contributed by atoms with Gasteiger partial charge in [-0.3, -0.25) is 0 Å². The van der Waals surface area contributed by atoms with E-state index in [-0.39, 0.29) is 5.66 Å². The van der Waals surface area contributed by atoms with Gasteiger partial charge in [-0.25, -0.2) is 0 Å². The molecule has 0 amide bonds. The van der Waals surface area contributed by atoms with Gasteiger partial charge in [-0.2, -0.15) is 0 Å². The van der Waals surface area contributed by atoms with Crippen molar-refractivity contribution in [3.05, 3.63) is 12.2 Å². The fraction of sp³-hybridized carbons (Fsp3) is 0.800. The summed E-state index contributed by atoms with van der Waals surface area (Å²) in [5.74, 6) is 0. The van der Waals surface area contributed by atoms with Crippen LogP contribution in [0.15, 0.2) is 12.2 Å². The number of hydrogen-bond donors (Lipinski definition) is 0. The fourth-order valence-corrected chi connectivity index (χ4v) is 2.52. The van der Waals surface area contributed by atoms with Crippen molar-refractivity contribution in [1.29, 1.82) is 0 Å². The summed E-state index contributed by atoms with van der Waals surface area (Å²) in [5.41, 5.74) is 0.181. The molecule has 0 saturated heterocycles. The van der Waals surface area contributed by atoms with E-state index in [1.54, 1.807) is 0 Å². The van der Waals surface area contributed by atoms with Gasteiger partial charge in [0.05, 0.1) is 0 Å². The van der Waals surface area contributed by atoms with Gasteiger partial charge >= 0.3 is 8.03 Å². The Morgan fingerprint density at radius 1 is 1.62 bits per heavy atom. The molecule has 0 aliphatic heterocycles. The molecule has 0 aromatic heterocycles. The average molecular weight is 201 g/mol. The van der Waals surface area contributed by atoms with Crippen LogP contribution in [0, 0.1) is 0 Å². The van der Waals surface area contributed by atoms with Gasteiger partial charge in [0.2, 0.25) is 5.66 Å². The molecule has 0 saturated carbocycles. The summed E-state index contributed by atoms with van der Waals surface area (Å²) in [4.78, 5) is 0. The summed E-state index contributed by atoms with van der Waals surface area (Å²) in [7, 11) is -1.45. The first-order valence-corrected chi connectivity index (χ1v) is 6.35. The lowest BCUT2D eigenvalue weighted by Crippen LogP contribution is -2.03. The van der Waals surface area contributed by atoms with Crippen LogP contribution in [-0.2, 0) is 9.09 Å². The molecular weight excluding hydrogens is 183 g/mol. The van der Waals surface area contributed by atoms with E-state index in [1.807, 2.05) is 6.08 Å². The van der Waals surface area contributed by atoms with Crippen LogP contribution in [0.2, 0.25) is 0 Å². The maximum absolute atomic E-state index is 11.5. The highest BCUT2D eigenvalue weighted by molar-refractivity contribution is 7.40. The van der Waals surface area contributed by atoms with E-state index in [4.69, 9.17) is 4.52 Å². The zero-order valence-corrected chi connectivity index (χ0v) is 9.13. The Morgan fingerprint density at radius 2 is 2.46 bits per heavy atom. The summed E-state index contributed by atoms with van der Waals surface area (Å²) < 4.78 is 16.8. The summed E-state index contributed by atoms with van der Waals surface area (Å²) >= 11 is 0. The maximum atomic E-state index is 11.5. The number of unbranched alkanes of at least 4 members (excludes halogenated alkanes) is 1. The monoisotopic (exact) mass is 201 g/mol. The molecule has 3 heteroatoms. The highest BCUT2D eigenvalue weighted by atomic mass is 31.1. The standard InChI is InChI=1S/C10H18O2P/c1-2-3-9-12-13(11)10-7-5-4-6-8-10/h5,7,10H,2-4,6,8-9H2,1H3/q+1. The largest absolute Gasteiger partial charge is 0.515 e. The van der Waals surface area contributed by atoms with Gasteiger partial charge in [0.25, 0.3) is 0 Å². The molecule has 0 aromatic rings. The smallest absolute Gasteiger partial charge is 0.146 e. The SMILES string of the molecule is CCCCO[P+](=O)C1C=CCCC1. The molecule has 0 bridgehead atoms. The normalized spacial score (nSPS) is 23.2. The van der Waals surface area contributed by atoms with Crippen LogP contribution in [0.4, 0.5) is 0 Å². The molecule has 1 aliphatic rings. The summed E-state index contributed by atoms with van der Waals surface area (Å²) in [6.07, 6.45) is 9.59. The van der Waals surface area contributed by atoms with Crippen LogP contribution in [0.25, 0.3) is 0 Å². The van der Waals surface area contributed by atoms with Crippen LogP contribution in [0.5, 0.6) is 0 Å². The first-order valence-electron chi connectivity index (χ1n) is 5.10. The van der Waals surface area contributed by atoms with Crippen molar-refractivity contribution in [3.8, 4) is 0 Å². The number of hydrogen-bond acceptors (Lipinski definition) is 2. The van der Waals surface area contributed by atoms with E-state index in [2.05, 4.69) is 13.0 Å². The molecule has 0 fully saturated rings. The van der Waals surface area contributed by atoms with Crippen LogP contribution in [0.1, 0.15) is 39.0 Å². The quantitative estimate of drug-likeness (QED) is 0.385. The molecular formula is C10H18O2P+. The first-order chi connectivity index (χ1) is 6.34. The molecule has 2 atom stereocenters. The molecule has 0 heterocycles. The molecule has 0 spiro atoms. The highest BCUT2D eigenvalue weighted by Gasteiger charge is 2.30. The molecule has 0 radical (unpaired) electrons. The third-order valence-electron chi connectivity index (χ3n) is 2.22. The van der Waals surface area contributed by atoms with Gasteiger partial charge in [-0.15, -0.1) is 4.52 Å². The first kappa shape index (κ1) is 10.9. The molecule has 1 rings (SSSR count). The van der Waals surface area contributed by atoms with Gasteiger partial charge in [0.15, 0.2) is 0 Å². The van der Waals surface area contributed by atoms with E-state index in [0.717, 1.165) is 32.1 Å². The van der Waals surface area contributed by atoms with Crippen LogP contribution in [-0.4, -0.2) is 12.3 Å². The van der Waals surface area contributed by atoms with Crippen LogP contribution >= 0.6 is 8.03 Å². The van der Waals surface area contributed by atoms with Crippen LogP contribution in [0.3, 0.4) is 0 Å². The Kier molecular flexibility index (Phi) is 5.26. The lowest BCUT2D eigenvalue weighted by Gasteiger charge is -2.05. The Bertz CT molecular complexity index is 189. The van der Waals surface area contributed by atoms with Gasteiger partial charge in [0.1, 0.15) is 6.61 Å². The zero-order chi connectivity index (χ0) is 9.52. The summed E-state index contributed by atoms with van der Waals surface area (Å²) in [5, 5.41) is 0. The molecule has 2 nitrogen and oxygen atoms in total. The second kappa shape index (κ2) is 6.28. The molecule has 74 valence electrons. The third-order valence-corrected chi connectivity index (χ3v) is 3.63. The van der Waals surface area contributed by atoms with Crippen molar-refractivity contribution in [2.45, 2.75) is 44.7 Å². The Morgan fingerprint density at radius 3 is 3.08 bits per heavy atom. The minimum atomic E-state index is -1.45. The fourth-order valence-electron chi connectivity index (χ4n) is 1.36. The van der Waals surface area contributed by atoms with E-state index in [1.165, 1.54) is 0 Å². The molecule has 2 unspecified atom stereocenters. The predicted octanol–water partition coefficient (Wildman–Crippen LogP) is 3.65. The van der Waals surface area contributed by atoms with E-state index < -0.39 is 8.03 Å². The zero-order valence-electron chi connectivity index (χ0n) is 8.24.